The van der Waals surface area contributed by atoms with Gasteiger partial charge in [0.1, 0.15) is 12.1 Å². The van der Waals surface area contributed by atoms with Crippen LogP contribution in [0.2, 0.25) is 0 Å². The number of amides is 6. The van der Waals surface area contributed by atoms with Gasteiger partial charge in [-0.3, -0.25) is 28.8 Å². The number of hydrogen-bond acceptors (Lipinski definition) is 8. The van der Waals surface area contributed by atoms with Crippen LogP contribution in [0.25, 0.3) is 0 Å². The van der Waals surface area contributed by atoms with E-state index in [-0.39, 0.29) is 65.0 Å². The Hall–Kier alpha value is -7.24. The summed E-state index contributed by atoms with van der Waals surface area (Å²) in [6.07, 6.45) is -7.99. The molecule has 0 aliphatic carbocycles. The predicted molar refractivity (Wildman–Crippen MR) is 282 cm³/mol. The molecular formula is C58H68F6N8O6. The summed E-state index contributed by atoms with van der Waals surface area (Å²) in [6, 6.07) is 26.8. The van der Waals surface area contributed by atoms with Crippen LogP contribution in [0.15, 0.2) is 109 Å². The number of halogens is 6. The summed E-state index contributed by atoms with van der Waals surface area (Å²) in [5.74, 6) is 0.391. The highest BCUT2D eigenvalue weighted by Gasteiger charge is 2.46. The number of benzene rings is 4. The minimum absolute atomic E-state index is 0.0553. The highest BCUT2D eigenvalue weighted by atomic mass is 19.4. The number of rotatable bonds is 22. The molecule has 0 bridgehead atoms. The fourth-order valence-corrected chi connectivity index (χ4v) is 9.59. The van der Waals surface area contributed by atoms with E-state index < -0.39 is 84.0 Å². The first-order valence-electron chi connectivity index (χ1n) is 26.2. The van der Waals surface area contributed by atoms with Crippen LogP contribution in [-0.4, -0.2) is 157 Å². The molecule has 20 heteroatoms. The number of carbonyl (C=O) groups excluding carboxylic acids is 6. The van der Waals surface area contributed by atoms with Crippen molar-refractivity contribution in [2.75, 3.05) is 53.4 Å². The van der Waals surface area contributed by atoms with Gasteiger partial charge in [0.25, 0.3) is 0 Å². The van der Waals surface area contributed by atoms with Crippen LogP contribution < -0.4 is 21.3 Å². The fraction of sp³-hybridized carbons (Fsp3) is 0.448. The van der Waals surface area contributed by atoms with E-state index in [1.807, 2.05) is 0 Å². The minimum Gasteiger partial charge on any atom is -0.343 e. The van der Waals surface area contributed by atoms with Crippen molar-refractivity contribution in [2.24, 2.45) is 0 Å². The molecule has 0 radical (unpaired) electrons. The number of nitrogens with one attached hydrogen (secondary N) is 4. The molecule has 0 aromatic heterocycles. The molecule has 6 amide bonds. The molecule has 2 saturated heterocycles. The maximum Gasteiger partial charge on any atom is 0.471 e. The van der Waals surface area contributed by atoms with Crippen LogP contribution in [0.5, 0.6) is 0 Å². The van der Waals surface area contributed by atoms with Gasteiger partial charge in [0.15, 0.2) is 0 Å². The van der Waals surface area contributed by atoms with Crippen LogP contribution in [-0.2, 0) is 54.5 Å². The lowest BCUT2D eigenvalue weighted by Crippen LogP contribution is -2.56. The number of likely N-dealkylation sites (tertiary alicyclic amines) is 2. The van der Waals surface area contributed by atoms with Gasteiger partial charge in [-0.05, 0) is 113 Å². The van der Waals surface area contributed by atoms with Gasteiger partial charge in [0.2, 0.25) is 23.6 Å². The molecule has 0 saturated carbocycles. The summed E-state index contributed by atoms with van der Waals surface area (Å²) in [7, 11) is 3.19. The van der Waals surface area contributed by atoms with Crippen molar-refractivity contribution in [1.82, 2.24) is 40.9 Å². The molecule has 2 aliphatic heterocycles. The summed E-state index contributed by atoms with van der Waals surface area (Å²) >= 11 is 0. The molecule has 0 unspecified atom stereocenters. The van der Waals surface area contributed by atoms with Gasteiger partial charge in [-0.1, -0.05) is 96.8 Å². The zero-order valence-corrected chi connectivity index (χ0v) is 44.3. The van der Waals surface area contributed by atoms with Crippen molar-refractivity contribution in [2.45, 2.75) is 114 Å². The normalized spacial score (nSPS) is 17.0. The van der Waals surface area contributed by atoms with Crippen LogP contribution in [0, 0.1) is 11.8 Å². The Labute approximate surface area is 451 Å². The molecule has 4 aromatic rings. The van der Waals surface area contributed by atoms with Crippen molar-refractivity contribution in [1.29, 1.82) is 0 Å². The summed E-state index contributed by atoms with van der Waals surface area (Å²) < 4.78 is 83.1. The highest BCUT2D eigenvalue weighted by molar-refractivity contribution is 5.91. The van der Waals surface area contributed by atoms with E-state index in [1.54, 1.807) is 137 Å². The SMILES string of the molecule is CN[C@@H](C)C(=O)N[C@@H](Cc1ccc(C#Cc2ccc(C[C@H](NC(=O)[C@H](C)NC)C(=O)N3CCC[C@H]3CN(CCc3ccccc3)C(=O)C(F)(F)F)cc2)cc1)C(=O)N1CCC[C@H]1CN(CCc1ccccc1)C(=O)C(F)(F)F. The van der Waals surface area contributed by atoms with Crippen LogP contribution in [0.3, 0.4) is 0 Å². The van der Waals surface area contributed by atoms with E-state index in [1.165, 1.54) is 9.80 Å². The molecule has 6 rings (SSSR count). The number of alkyl halides is 6. The smallest absolute Gasteiger partial charge is 0.343 e. The molecule has 2 aliphatic rings. The lowest BCUT2D eigenvalue weighted by Gasteiger charge is -2.34. The summed E-state index contributed by atoms with van der Waals surface area (Å²) in [6.45, 7) is 2.67. The number of likely N-dealkylation sites (N-methyl/N-ethyl adjacent to an activating group) is 2. The van der Waals surface area contributed by atoms with E-state index in [9.17, 15) is 55.1 Å². The van der Waals surface area contributed by atoms with Gasteiger partial charge < -0.3 is 40.9 Å². The number of hydrogen-bond donors (Lipinski definition) is 4. The first-order chi connectivity index (χ1) is 37.1. The standard InChI is InChI=1S/C58H68F6N8O6/c1-39(65-3)51(73)67-49(53(75)71-31-11-17-47(71)37-69(55(77)57(59,60)61)33-29-41-13-7-5-8-14-41)35-45-25-21-43(22-26-45)19-20-44-23-27-46(28-24-44)36-50(68-52(74)40(2)66-4)54(76)72-32-12-18-48(72)38-70(56(78)58(62,63)64)34-30-42-15-9-6-10-16-42/h5-10,13-16,21-28,39-40,47-50,65-66H,11-12,17-18,29-38H2,1-4H3,(H,67,73)(H,68,74)/t39-,40-,47-,48-,49-,50-/m0/s1. The van der Waals surface area contributed by atoms with Gasteiger partial charge in [0.05, 0.1) is 12.1 Å². The number of carbonyl (C=O) groups is 6. The second-order valence-corrected chi connectivity index (χ2v) is 19.8. The Morgan fingerprint density at radius 2 is 0.885 bits per heavy atom. The molecule has 2 heterocycles. The zero-order chi connectivity index (χ0) is 56.6. The second-order valence-electron chi connectivity index (χ2n) is 19.8. The Balaban J connectivity index is 1.13. The summed E-state index contributed by atoms with van der Waals surface area (Å²) in [5, 5.41) is 11.4. The zero-order valence-electron chi connectivity index (χ0n) is 44.3. The summed E-state index contributed by atoms with van der Waals surface area (Å²) in [4.78, 5) is 84.9. The Kier molecular flexibility index (Phi) is 21.4. The van der Waals surface area contributed by atoms with Gasteiger partial charge >= 0.3 is 24.2 Å². The first-order valence-corrected chi connectivity index (χ1v) is 26.2. The van der Waals surface area contributed by atoms with Crippen molar-refractivity contribution in [3.8, 4) is 11.8 Å². The van der Waals surface area contributed by atoms with Gasteiger partial charge in [-0.2, -0.15) is 26.3 Å². The average Bonchev–Trinajstić information content (AvgIpc) is 4.16. The molecule has 4 N–H and O–H groups in total. The quantitative estimate of drug-likeness (QED) is 0.0584. The lowest BCUT2D eigenvalue weighted by atomic mass is 10.0. The molecule has 0 spiro atoms. The van der Waals surface area contributed by atoms with E-state index in [0.717, 1.165) is 20.9 Å². The van der Waals surface area contributed by atoms with E-state index in [4.69, 9.17) is 0 Å². The van der Waals surface area contributed by atoms with Gasteiger partial charge in [-0.15, -0.1) is 0 Å². The number of nitrogens with zero attached hydrogens (tertiary/aromatic N) is 4. The largest absolute Gasteiger partial charge is 0.471 e. The molecule has 78 heavy (non-hydrogen) atoms. The first kappa shape index (κ1) is 60.0. The molecule has 14 nitrogen and oxygen atoms in total. The third-order valence-corrected chi connectivity index (χ3v) is 14.3. The maximum atomic E-state index is 14.3. The molecular weight excluding hydrogens is 1020 g/mol. The molecule has 6 atom stereocenters. The molecule has 2 fully saturated rings. The molecule has 418 valence electrons. The summed E-state index contributed by atoms with van der Waals surface area (Å²) in [5.41, 5.74) is 4.09. The Bertz CT molecular complexity index is 2540. The minimum atomic E-state index is -5.11. The highest BCUT2D eigenvalue weighted by Crippen LogP contribution is 2.27. The topological polar surface area (TPSA) is 164 Å². The average molecular weight is 1090 g/mol. The van der Waals surface area contributed by atoms with E-state index in [0.29, 0.717) is 47.9 Å². The van der Waals surface area contributed by atoms with Crippen molar-refractivity contribution >= 4 is 35.4 Å². The third kappa shape index (κ3) is 17.1. The van der Waals surface area contributed by atoms with Crippen molar-refractivity contribution < 1.29 is 55.1 Å². The van der Waals surface area contributed by atoms with E-state index >= 15 is 0 Å². The van der Waals surface area contributed by atoms with Crippen LogP contribution in [0.4, 0.5) is 26.3 Å². The van der Waals surface area contributed by atoms with Crippen LogP contribution >= 0.6 is 0 Å². The van der Waals surface area contributed by atoms with Crippen molar-refractivity contribution in [3.05, 3.63) is 143 Å². The second kappa shape index (κ2) is 27.9. The molecule has 4 aromatic carbocycles. The predicted octanol–water partition coefficient (Wildman–Crippen LogP) is 5.61. The Morgan fingerprint density at radius 3 is 1.21 bits per heavy atom. The maximum absolute atomic E-state index is 14.3. The van der Waals surface area contributed by atoms with Crippen molar-refractivity contribution in [3.63, 3.8) is 0 Å². The van der Waals surface area contributed by atoms with E-state index in [2.05, 4.69) is 33.1 Å². The monoisotopic (exact) mass is 1090 g/mol. The van der Waals surface area contributed by atoms with Gasteiger partial charge in [0, 0.05) is 75.3 Å². The Morgan fingerprint density at radius 1 is 0.538 bits per heavy atom. The van der Waals surface area contributed by atoms with Gasteiger partial charge in [-0.25, -0.2) is 0 Å². The third-order valence-electron chi connectivity index (χ3n) is 14.3. The van der Waals surface area contributed by atoms with Crippen LogP contribution in [0.1, 0.15) is 72.9 Å². The lowest BCUT2D eigenvalue weighted by molar-refractivity contribution is -0.186. The fourth-order valence-electron chi connectivity index (χ4n) is 9.59.